The molecule has 1 heterocycles. The van der Waals surface area contributed by atoms with E-state index in [0.29, 0.717) is 5.92 Å². The zero-order valence-electron chi connectivity index (χ0n) is 13.1. The lowest BCUT2D eigenvalue weighted by Gasteiger charge is -2.21. The van der Waals surface area contributed by atoms with E-state index in [-0.39, 0.29) is 0 Å². The number of nitrogens with zero attached hydrogens (tertiary/aromatic N) is 3. The van der Waals surface area contributed by atoms with Crippen molar-refractivity contribution in [1.29, 1.82) is 0 Å². The summed E-state index contributed by atoms with van der Waals surface area (Å²) < 4.78 is 5.22. The van der Waals surface area contributed by atoms with Crippen molar-refractivity contribution in [2.24, 2.45) is 5.92 Å². The van der Waals surface area contributed by atoms with Gasteiger partial charge in [-0.15, -0.1) is 0 Å². The van der Waals surface area contributed by atoms with Crippen LogP contribution in [0.5, 0.6) is 5.75 Å². The summed E-state index contributed by atoms with van der Waals surface area (Å²) in [4.78, 5) is 11.4. The van der Waals surface area contributed by atoms with Crippen LogP contribution < -0.4 is 9.64 Å². The Bertz CT molecular complexity index is 652. The third-order valence-electron chi connectivity index (χ3n) is 4.05. The highest BCUT2D eigenvalue weighted by atomic mass is 16.5. The fourth-order valence-corrected chi connectivity index (χ4v) is 2.97. The summed E-state index contributed by atoms with van der Waals surface area (Å²) in [5.74, 6) is 3.40. The van der Waals surface area contributed by atoms with Gasteiger partial charge in [0.1, 0.15) is 17.4 Å². The van der Waals surface area contributed by atoms with Crippen LogP contribution in [0.1, 0.15) is 24.0 Å². The van der Waals surface area contributed by atoms with Gasteiger partial charge in [0.05, 0.1) is 7.11 Å². The maximum absolute atomic E-state index is 5.22. The highest BCUT2D eigenvalue weighted by Crippen LogP contribution is 2.34. The Hall–Kier alpha value is -2.10. The Labute approximate surface area is 125 Å². The minimum Gasteiger partial charge on any atom is -0.497 e. The molecule has 21 heavy (non-hydrogen) atoms. The lowest BCUT2D eigenvalue weighted by molar-refractivity contribution is 0.415. The number of ether oxygens (including phenoxy) is 1. The third-order valence-corrected chi connectivity index (χ3v) is 4.05. The minimum atomic E-state index is 0.652. The van der Waals surface area contributed by atoms with Gasteiger partial charge in [0.2, 0.25) is 0 Å². The van der Waals surface area contributed by atoms with Crippen LogP contribution >= 0.6 is 0 Å². The summed E-state index contributed by atoms with van der Waals surface area (Å²) >= 11 is 0. The zero-order valence-corrected chi connectivity index (χ0v) is 13.1. The average Bonchev–Trinajstić information content (AvgIpc) is 2.85. The van der Waals surface area contributed by atoms with Crippen LogP contribution in [0, 0.1) is 12.8 Å². The summed E-state index contributed by atoms with van der Waals surface area (Å²) in [6, 6.07) is 8.06. The molecule has 1 aromatic carbocycles. The molecule has 0 radical (unpaired) electrons. The number of fused-ring (bicyclic) bond motifs is 1. The molecule has 0 saturated carbocycles. The van der Waals surface area contributed by atoms with E-state index in [1.54, 1.807) is 7.11 Å². The van der Waals surface area contributed by atoms with E-state index in [2.05, 4.69) is 41.0 Å². The highest BCUT2D eigenvalue weighted by molar-refractivity contribution is 5.64. The van der Waals surface area contributed by atoms with Crippen molar-refractivity contribution in [1.82, 2.24) is 9.97 Å². The van der Waals surface area contributed by atoms with Gasteiger partial charge in [0.25, 0.3) is 0 Å². The largest absolute Gasteiger partial charge is 0.497 e. The second-order valence-corrected chi connectivity index (χ2v) is 5.79. The first-order valence-corrected chi connectivity index (χ1v) is 7.32. The van der Waals surface area contributed by atoms with Crippen LogP contribution in [-0.2, 0) is 12.8 Å². The Balaban J connectivity index is 1.99. The van der Waals surface area contributed by atoms with Crippen molar-refractivity contribution in [3.8, 4) is 5.75 Å². The molecule has 1 aliphatic carbocycles. The number of benzene rings is 1. The lowest BCUT2D eigenvalue weighted by Crippen LogP contribution is -2.15. The molecular weight excluding hydrogens is 262 g/mol. The van der Waals surface area contributed by atoms with Crippen LogP contribution in [0.25, 0.3) is 0 Å². The van der Waals surface area contributed by atoms with Crippen LogP contribution in [0.3, 0.4) is 0 Å². The van der Waals surface area contributed by atoms with E-state index in [1.807, 2.05) is 19.1 Å². The summed E-state index contributed by atoms with van der Waals surface area (Å²) in [6.07, 6.45) is 2.12. The number of hydrogen-bond acceptors (Lipinski definition) is 4. The van der Waals surface area contributed by atoms with Crippen LogP contribution in [0.4, 0.5) is 11.5 Å². The van der Waals surface area contributed by atoms with Gasteiger partial charge in [-0.2, -0.15) is 0 Å². The maximum Gasteiger partial charge on any atom is 0.139 e. The molecule has 0 fully saturated rings. The molecule has 3 rings (SSSR count). The van der Waals surface area contributed by atoms with Gasteiger partial charge in [-0.3, -0.25) is 0 Å². The molecular formula is C17H21N3O. The number of aromatic nitrogens is 2. The van der Waals surface area contributed by atoms with Gasteiger partial charge in [0, 0.05) is 24.0 Å². The third kappa shape index (κ3) is 2.58. The topological polar surface area (TPSA) is 38.2 Å². The van der Waals surface area contributed by atoms with Gasteiger partial charge in [-0.25, -0.2) is 9.97 Å². The molecule has 4 heteroatoms. The van der Waals surface area contributed by atoms with Gasteiger partial charge in [-0.05, 0) is 49.9 Å². The number of aryl methyl sites for hydroxylation is 1. The van der Waals surface area contributed by atoms with Crippen molar-refractivity contribution in [2.75, 3.05) is 19.1 Å². The van der Waals surface area contributed by atoms with Crippen LogP contribution in [-0.4, -0.2) is 24.1 Å². The Morgan fingerprint density at radius 2 is 1.86 bits per heavy atom. The lowest BCUT2D eigenvalue weighted by atomic mass is 10.1. The first-order chi connectivity index (χ1) is 10.1. The number of methoxy groups -OCH3 is 1. The van der Waals surface area contributed by atoms with Gasteiger partial charge >= 0.3 is 0 Å². The molecule has 0 bridgehead atoms. The summed E-state index contributed by atoms with van der Waals surface area (Å²) in [7, 11) is 3.74. The van der Waals surface area contributed by atoms with Crippen molar-refractivity contribution in [2.45, 2.75) is 26.7 Å². The molecule has 110 valence electrons. The summed E-state index contributed by atoms with van der Waals surface area (Å²) in [6.45, 7) is 4.24. The van der Waals surface area contributed by atoms with Gasteiger partial charge in [-0.1, -0.05) is 6.92 Å². The molecule has 2 aromatic rings. The molecule has 4 nitrogen and oxygen atoms in total. The molecule has 1 aromatic heterocycles. The SMILES string of the molecule is COc1ccc(N(C)c2nc(C)nc3c2C[C@@H](C)C3)cc1. The number of anilines is 2. The summed E-state index contributed by atoms with van der Waals surface area (Å²) in [5, 5.41) is 0. The average molecular weight is 283 g/mol. The van der Waals surface area contributed by atoms with Gasteiger partial charge < -0.3 is 9.64 Å². The van der Waals surface area contributed by atoms with Crippen LogP contribution in [0.2, 0.25) is 0 Å². The molecule has 1 atom stereocenters. The van der Waals surface area contributed by atoms with E-state index in [0.717, 1.165) is 35.9 Å². The molecule has 0 spiro atoms. The predicted octanol–water partition coefficient (Wildman–Crippen LogP) is 3.30. The number of rotatable bonds is 3. The molecule has 0 amide bonds. The van der Waals surface area contributed by atoms with Crippen molar-refractivity contribution in [3.63, 3.8) is 0 Å². The van der Waals surface area contributed by atoms with E-state index in [9.17, 15) is 0 Å². The Morgan fingerprint density at radius 3 is 2.52 bits per heavy atom. The quantitative estimate of drug-likeness (QED) is 0.866. The maximum atomic E-state index is 5.22. The molecule has 0 saturated heterocycles. The molecule has 0 N–H and O–H groups in total. The molecule has 1 aliphatic rings. The van der Waals surface area contributed by atoms with E-state index in [1.165, 1.54) is 11.3 Å². The normalized spacial score (nSPS) is 16.7. The van der Waals surface area contributed by atoms with E-state index < -0.39 is 0 Å². The Morgan fingerprint density at radius 1 is 1.14 bits per heavy atom. The predicted molar refractivity (Wildman–Crippen MR) is 84.4 cm³/mol. The molecule has 0 unspecified atom stereocenters. The standard InChI is InChI=1S/C17H21N3O/c1-11-9-15-16(10-11)18-12(2)19-17(15)20(3)13-5-7-14(21-4)8-6-13/h5-8,11H,9-10H2,1-4H3/t11-/m1/s1. The van der Waals surface area contributed by atoms with Gasteiger partial charge in [0.15, 0.2) is 0 Å². The van der Waals surface area contributed by atoms with Crippen molar-refractivity contribution >= 4 is 11.5 Å². The van der Waals surface area contributed by atoms with Crippen molar-refractivity contribution < 1.29 is 4.74 Å². The Kier molecular flexibility index (Phi) is 3.53. The van der Waals surface area contributed by atoms with Crippen molar-refractivity contribution in [3.05, 3.63) is 41.3 Å². The second kappa shape index (κ2) is 5.35. The first kappa shape index (κ1) is 13.9. The minimum absolute atomic E-state index is 0.652. The van der Waals surface area contributed by atoms with Crippen LogP contribution in [0.15, 0.2) is 24.3 Å². The summed E-state index contributed by atoms with van der Waals surface area (Å²) in [5.41, 5.74) is 3.62. The fourth-order valence-electron chi connectivity index (χ4n) is 2.97. The van der Waals surface area contributed by atoms with E-state index in [4.69, 9.17) is 4.74 Å². The second-order valence-electron chi connectivity index (χ2n) is 5.79. The smallest absolute Gasteiger partial charge is 0.139 e. The fraction of sp³-hybridized carbons (Fsp3) is 0.412. The number of hydrogen-bond donors (Lipinski definition) is 0. The van der Waals surface area contributed by atoms with E-state index >= 15 is 0 Å². The highest BCUT2D eigenvalue weighted by Gasteiger charge is 2.25. The monoisotopic (exact) mass is 283 g/mol. The zero-order chi connectivity index (χ0) is 15.0. The molecule has 0 aliphatic heterocycles. The first-order valence-electron chi connectivity index (χ1n) is 7.32.